The van der Waals surface area contributed by atoms with Gasteiger partial charge in [0.25, 0.3) is 0 Å². The second-order valence-electron chi connectivity index (χ2n) is 7.01. The molecule has 0 saturated carbocycles. The summed E-state index contributed by atoms with van der Waals surface area (Å²) in [4.78, 5) is 0. The molecule has 0 aliphatic heterocycles. The highest BCUT2D eigenvalue weighted by Gasteiger charge is 2.18. The lowest BCUT2D eigenvalue weighted by Gasteiger charge is -2.18. The predicted octanol–water partition coefficient (Wildman–Crippen LogP) is 4.62. The summed E-state index contributed by atoms with van der Waals surface area (Å²) >= 11 is 0. The number of aromatic hydroxyl groups is 1. The van der Waals surface area contributed by atoms with Crippen LogP contribution in [0.5, 0.6) is 17.2 Å². The van der Waals surface area contributed by atoms with Crippen LogP contribution in [0, 0.1) is 0 Å². The van der Waals surface area contributed by atoms with Gasteiger partial charge in [0.1, 0.15) is 5.75 Å². The Labute approximate surface area is 173 Å². The van der Waals surface area contributed by atoms with Crippen molar-refractivity contribution in [2.24, 2.45) is 0 Å². The molecular weight excluding hydrogens is 362 g/mol. The largest absolute Gasteiger partial charge is 0.504 e. The average Bonchev–Trinajstić information content (AvgIpc) is 2.77. The molecule has 0 spiro atoms. The lowest BCUT2D eigenvalue weighted by molar-refractivity contribution is 0.374. The third kappa shape index (κ3) is 4.90. The normalized spacial score (nSPS) is 10.7. The van der Waals surface area contributed by atoms with Crippen molar-refractivity contribution in [3.63, 3.8) is 0 Å². The molecule has 29 heavy (non-hydrogen) atoms. The van der Waals surface area contributed by atoms with Crippen LogP contribution in [0.15, 0.2) is 60.7 Å². The number of methoxy groups -OCH3 is 2. The fourth-order valence-electron chi connectivity index (χ4n) is 3.60. The first kappa shape index (κ1) is 20.7. The molecule has 2 N–H and O–H groups in total. The molecule has 3 aromatic carbocycles. The molecule has 0 aliphatic rings. The van der Waals surface area contributed by atoms with Crippen LogP contribution in [-0.2, 0) is 19.3 Å². The minimum absolute atomic E-state index is 0.178. The van der Waals surface area contributed by atoms with E-state index in [9.17, 15) is 5.11 Å². The van der Waals surface area contributed by atoms with Gasteiger partial charge in [-0.05, 0) is 73.3 Å². The number of phenolic OH excluding ortho intramolecular Hbond substituents is 1. The second-order valence-corrected chi connectivity index (χ2v) is 7.01. The van der Waals surface area contributed by atoms with Crippen molar-refractivity contribution in [2.75, 3.05) is 27.8 Å². The summed E-state index contributed by atoms with van der Waals surface area (Å²) in [5, 5.41) is 14.3. The zero-order valence-corrected chi connectivity index (χ0v) is 17.4. The first-order valence-electron chi connectivity index (χ1n) is 9.92. The standard InChI is InChI=1S/C25H29NO3/c1-26-16-15-19-11-13-21(28-2)17-22(19)24-20(12-14-23(29-3)25(24)27)10-9-18-7-5-4-6-8-18/h4-8,11-14,17,26-27H,9-10,15-16H2,1-3H3. The number of hydrogen-bond donors (Lipinski definition) is 2. The van der Waals surface area contributed by atoms with Gasteiger partial charge in [0.2, 0.25) is 0 Å². The van der Waals surface area contributed by atoms with Crippen molar-refractivity contribution in [1.82, 2.24) is 5.32 Å². The Hall–Kier alpha value is -2.98. The molecule has 0 fully saturated rings. The molecule has 0 unspecified atom stereocenters. The fourth-order valence-corrected chi connectivity index (χ4v) is 3.60. The number of hydrogen-bond acceptors (Lipinski definition) is 4. The second kappa shape index (κ2) is 9.99. The molecule has 0 aromatic heterocycles. The van der Waals surface area contributed by atoms with Crippen LogP contribution in [0.25, 0.3) is 11.1 Å². The van der Waals surface area contributed by atoms with Gasteiger partial charge in [0.05, 0.1) is 14.2 Å². The molecule has 4 heteroatoms. The highest BCUT2D eigenvalue weighted by Crippen LogP contribution is 2.42. The molecule has 0 radical (unpaired) electrons. The van der Waals surface area contributed by atoms with Crippen LogP contribution in [0.4, 0.5) is 0 Å². The molecule has 152 valence electrons. The molecule has 3 aromatic rings. The van der Waals surface area contributed by atoms with Gasteiger partial charge in [-0.3, -0.25) is 0 Å². The lowest BCUT2D eigenvalue weighted by Crippen LogP contribution is -2.11. The summed E-state index contributed by atoms with van der Waals surface area (Å²) in [5.74, 6) is 1.42. The Morgan fingerprint density at radius 2 is 1.59 bits per heavy atom. The van der Waals surface area contributed by atoms with Gasteiger partial charge in [-0.2, -0.15) is 0 Å². The zero-order valence-electron chi connectivity index (χ0n) is 17.4. The highest BCUT2D eigenvalue weighted by molar-refractivity contribution is 5.80. The van der Waals surface area contributed by atoms with E-state index in [1.165, 1.54) is 5.56 Å². The van der Waals surface area contributed by atoms with E-state index in [0.717, 1.165) is 53.8 Å². The van der Waals surface area contributed by atoms with Gasteiger partial charge >= 0.3 is 0 Å². The van der Waals surface area contributed by atoms with Gasteiger partial charge in [-0.1, -0.05) is 42.5 Å². The minimum atomic E-state index is 0.178. The molecule has 0 bridgehead atoms. The number of rotatable bonds is 9. The van der Waals surface area contributed by atoms with Crippen molar-refractivity contribution in [3.05, 3.63) is 77.4 Å². The van der Waals surface area contributed by atoms with E-state index < -0.39 is 0 Å². The van der Waals surface area contributed by atoms with Crippen molar-refractivity contribution in [1.29, 1.82) is 0 Å². The maximum Gasteiger partial charge on any atom is 0.165 e. The van der Waals surface area contributed by atoms with E-state index in [-0.39, 0.29) is 5.75 Å². The molecule has 0 saturated heterocycles. The van der Waals surface area contributed by atoms with E-state index in [2.05, 4.69) is 41.7 Å². The quantitative estimate of drug-likeness (QED) is 0.559. The third-order valence-electron chi connectivity index (χ3n) is 5.20. The Balaban J connectivity index is 2.08. The third-order valence-corrected chi connectivity index (χ3v) is 5.20. The van der Waals surface area contributed by atoms with Crippen LogP contribution < -0.4 is 14.8 Å². The Kier molecular flexibility index (Phi) is 7.14. The van der Waals surface area contributed by atoms with Crippen molar-refractivity contribution in [2.45, 2.75) is 19.3 Å². The summed E-state index contributed by atoms with van der Waals surface area (Å²) < 4.78 is 10.9. The first-order valence-corrected chi connectivity index (χ1v) is 9.92. The summed E-state index contributed by atoms with van der Waals surface area (Å²) in [5.41, 5.74) is 5.33. The van der Waals surface area contributed by atoms with Gasteiger partial charge in [-0.15, -0.1) is 0 Å². The van der Waals surface area contributed by atoms with E-state index in [1.807, 2.05) is 31.3 Å². The molecular formula is C25H29NO3. The van der Waals surface area contributed by atoms with Crippen LogP contribution in [-0.4, -0.2) is 32.9 Å². The number of aryl methyl sites for hydroxylation is 2. The Bertz CT molecular complexity index is 938. The maximum absolute atomic E-state index is 11.1. The molecule has 0 aliphatic carbocycles. The van der Waals surface area contributed by atoms with Gasteiger partial charge in [0, 0.05) is 5.56 Å². The van der Waals surface area contributed by atoms with E-state index >= 15 is 0 Å². The van der Waals surface area contributed by atoms with Gasteiger partial charge in [0.15, 0.2) is 11.5 Å². The summed E-state index contributed by atoms with van der Waals surface area (Å²) in [6.07, 6.45) is 2.57. The van der Waals surface area contributed by atoms with E-state index in [1.54, 1.807) is 14.2 Å². The van der Waals surface area contributed by atoms with Crippen molar-refractivity contribution >= 4 is 0 Å². The average molecular weight is 392 g/mol. The molecule has 3 rings (SSSR count). The van der Waals surface area contributed by atoms with E-state index in [0.29, 0.717) is 5.75 Å². The van der Waals surface area contributed by atoms with Crippen LogP contribution in [0.1, 0.15) is 16.7 Å². The summed E-state index contributed by atoms with van der Waals surface area (Å²) in [7, 11) is 5.18. The molecule has 0 amide bonds. The number of likely N-dealkylation sites (N-methyl/N-ethyl adjacent to an activating group) is 1. The zero-order chi connectivity index (χ0) is 20.6. The van der Waals surface area contributed by atoms with Crippen LogP contribution >= 0.6 is 0 Å². The van der Waals surface area contributed by atoms with Crippen LogP contribution in [0.2, 0.25) is 0 Å². The van der Waals surface area contributed by atoms with Crippen LogP contribution in [0.3, 0.4) is 0 Å². The number of benzene rings is 3. The first-order chi connectivity index (χ1) is 14.2. The lowest BCUT2D eigenvalue weighted by atomic mass is 9.90. The fraction of sp³-hybridized carbons (Fsp3) is 0.280. The number of nitrogens with one attached hydrogen (secondary N) is 1. The van der Waals surface area contributed by atoms with Gasteiger partial charge < -0.3 is 19.9 Å². The SMILES string of the molecule is CNCCc1ccc(OC)cc1-c1c(CCc2ccccc2)ccc(OC)c1O. The maximum atomic E-state index is 11.1. The predicted molar refractivity (Wildman–Crippen MR) is 118 cm³/mol. The monoisotopic (exact) mass is 391 g/mol. The molecule has 0 atom stereocenters. The highest BCUT2D eigenvalue weighted by atomic mass is 16.5. The Morgan fingerprint density at radius 1 is 0.828 bits per heavy atom. The minimum Gasteiger partial charge on any atom is -0.504 e. The number of phenols is 1. The van der Waals surface area contributed by atoms with Crippen molar-refractivity contribution < 1.29 is 14.6 Å². The van der Waals surface area contributed by atoms with Gasteiger partial charge in [-0.25, -0.2) is 0 Å². The van der Waals surface area contributed by atoms with E-state index in [4.69, 9.17) is 9.47 Å². The Morgan fingerprint density at radius 3 is 2.28 bits per heavy atom. The summed E-state index contributed by atoms with van der Waals surface area (Å²) in [6.45, 7) is 0.851. The smallest absolute Gasteiger partial charge is 0.165 e. The summed E-state index contributed by atoms with van der Waals surface area (Å²) in [6, 6.07) is 20.3. The van der Waals surface area contributed by atoms with Crippen molar-refractivity contribution in [3.8, 4) is 28.4 Å². The molecule has 0 heterocycles. The number of ether oxygens (including phenoxy) is 2. The molecule has 4 nitrogen and oxygen atoms in total. The topological polar surface area (TPSA) is 50.7 Å².